The Balaban J connectivity index is 2.29. The molecule has 0 fully saturated rings. The van der Waals surface area contributed by atoms with Crippen molar-refractivity contribution in [1.82, 2.24) is 5.32 Å². The van der Waals surface area contributed by atoms with Crippen LogP contribution in [0, 0.1) is 0 Å². The Morgan fingerprint density at radius 2 is 1.95 bits per heavy atom. The van der Waals surface area contributed by atoms with Gasteiger partial charge < -0.3 is 14.9 Å². The Bertz CT molecular complexity index is 407. The fourth-order valence-electron chi connectivity index (χ4n) is 1.44. The van der Waals surface area contributed by atoms with Crippen LogP contribution in [-0.4, -0.2) is 41.3 Å². The summed E-state index contributed by atoms with van der Waals surface area (Å²) >= 11 is 0. The Morgan fingerprint density at radius 3 is 2.53 bits per heavy atom. The molecule has 0 amide bonds. The van der Waals surface area contributed by atoms with E-state index in [1.165, 1.54) is 0 Å². The molecule has 0 saturated carbocycles. The van der Waals surface area contributed by atoms with Crippen molar-refractivity contribution in [1.29, 1.82) is 0 Å². The van der Waals surface area contributed by atoms with Crippen molar-refractivity contribution in [2.45, 2.75) is 19.1 Å². The van der Waals surface area contributed by atoms with Gasteiger partial charge in [-0.25, -0.2) is 0 Å². The van der Waals surface area contributed by atoms with Crippen LogP contribution >= 0.6 is 0 Å². The van der Waals surface area contributed by atoms with E-state index in [1.54, 1.807) is 0 Å². The van der Waals surface area contributed by atoms with Crippen LogP contribution < -0.4 is 5.32 Å². The van der Waals surface area contributed by atoms with E-state index in [4.69, 9.17) is 14.9 Å². The van der Waals surface area contributed by atoms with E-state index in [-0.39, 0.29) is 26.2 Å². The Kier molecular flexibility index (Phi) is 6.56. The van der Waals surface area contributed by atoms with Crippen molar-refractivity contribution in [3.05, 3.63) is 35.9 Å². The molecule has 6 nitrogen and oxygen atoms in total. The van der Waals surface area contributed by atoms with Crippen LogP contribution in [0.25, 0.3) is 0 Å². The van der Waals surface area contributed by atoms with Gasteiger partial charge >= 0.3 is 11.9 Å². The molecule has 0 spiro atoms. The number of carboxylic acids is 1. The number of rotatable bonds is 8. The molecule has 0 saturated heterocycles. The molecule has 0 aliphatic heterocycles. The van der Waals surface area contributed by atoms with E-state index in [1.807, 2.05) is 30.3 Å². The fraction of sp³-hybridized carbons (Fsp3) is 0.385. The van der Waals surface area contributed by atoms with Gasteiger partial charge in [-0.3, -0.25) is 14.9 Å². The van der Waals surface area contributed by atoms with Gasteiger partial charge in [0.1, 0.15) is 12.6 Å². The topological polar surface area (TPSA) is 95.9 Å². The first-order valence-corrected chi connectivity index (χ1v) is 5.90. The summed E-state index contributed by atoms with van der Waals surface area (Å²) in [6.45, 7) is -0.314. The molecule has 19 heavy (non-hydrogen) atoms. The summed E-state index contributed by atoms with van der Waals surface area (Å²) in [6, 6.07) is 8.24. The molecule has 0 unspecified atom stereocenters. The van der Waals surface area contributed by atoms with Gasteiger partial charge in [0.15, 0.2) is 0 Å². The summed E-state index contributed by atoms with van der Waals surface area (Å²) < 4.78 is 4.98. The largest absolute Gasteiger partial charge is 0.480 e. The van der Waals surface area contributed by atoms with Crippen LogP contribution in [-0.2, 0) is 20.9 Å². The third-order valence-corrected chi connectivity index (χ3v) is 2.45. The number of hydrogen-bond acceptors (Lipinski definition) is 5. The lowest BCUT2D eigenvalue weighted by molar-refractivity contribution is -0.145. The maximum atomic E-state index is 11.4. The SMILES string of the molecule is O=C(CN[C@@H](CCO)C(=O)O)OCc1ccccc1. The number of aliphatic carboxylic acids is 1. The maximum Gasteiger partial charge on any atom is 0.320 e. The van der Waals surface area contributed by atoms with E-state index >= 15 is 0 Å². The number of hydrogen-bond donors (Lipinski definition) is 3. The third-order valence-electron chi connectivity index (χ3n) is 2.45. The van der Waals surface area contributed by atoms with Crippen LogP contribution in [0.5, 0.6) is 0 Å². The predicted octanol–water partition coefficient (Wildman–Crippen LogP) is 0.155. The molecule has 0 aliphatic carbocycles. The number of ether oxygens (including phenoxy) is 1. The first kappa shape index (κ1) is 15.1. The second kappa shape index (κ2) is 8.23. The fourth-order valence-corrected chi connectivity index (χ4v) is 1.44. The summed E-state index contributed by atoms with van der Waals surface area (Å²) in [6.07, 6.45) is 0.0430. The highest BCUT2D eigenvalue weighted by Crippen LogP contribution is 2.00. The highest BCUT2D eigenvalue weighted by Gasteiger charge is 2.17. The average molecular weight is 267 g/mol. The lowest BCUT2D eigenvalue weighted by atomic mass is 10.2. The number of carbonyl (C=O) groups is 2. The standard InChI is InChI=1S/C13H17NO5/c15-7-6-11(13(17)18)14-8-12(16)19-9-10-4-2-1-3-5-10/h1-5,11,14-15H,6-9H2,(H,17,18)/t11-/m0/s1. The van der Waals surface area contributed by atoms with Gasteiger partial charge in [-0.15, -0.1) is 0 Å². The number of carbonyl (C=O) groups excluding carboxylic acids is 1. The number of nitrogens with one attached hydrogen (secondary N) is 1. The summed E-state index contributed by atoms with van der Waals surface area (Å²) in [5, 5.41) is 20.0. The Hall–Kier alpha value is -1.92. The van der Waals surface area contributed by atoms with Gasteiger partial charge in [-0.1, -0.05) is 30.3 Å². The van der Waals surface area contributed by atoms with Crippen molar-refractivity contribution in [3.63, 3.8) is 0 Å². The summed E-state index contributed by atoms with van der Waals surface area (Å²) in [4.78, 5) is 22.2. The van der Waals surface area contributed by atoms with Crippen molar-refractivity contribution < 1.29 is 24.5 Å². The zero-order valence-electron chi connectivity index (χ0n) is 10.4. The molecule has 1 rings (SSSR count). The molecule has 0 heterocycles. The minimum Gasteiger partial charge on any atom is -0.480 e. The van der Waals surface area contributed by atoms with Crippen molar-refractivity contribution in [2.75, 3.05) is 13.2 Å². The first-order valence-electron chi connectivity index (χ1n) is 5.90. The molecule has 1 atom stereocenters. The molecule has 0 aliphatic rings. The number of aliphatic hydroxyl groups excluding tert-OH is 1. The molecular weight excluding hydrogens is 250 g/mol. The van der Waals surface area contributed by atoms with Gasteiger partial charge in [0.05, 0.1) is 6.54 Å². The lowest BCUT2D eigenvalue weighted by Gasteiger charge is -2.12. The van der Waals surface area contributed by atoms with E-state index in [0.29, 0.717) is 0 Å². The zero-order chi connectivity index (χ0) is 14.1. The van der Waals surface area contributed by atoms with Crippen LogP contribution in [0.1, 0.15) is 12.0 Å². The summed E-state index contributed by atoms with van der Waals surface area (Å²) in [7, 11) is 0. The summed E-state index contributed by atoms with van der Waals surface area (Å²) in [5.41, 5.74) is 0.862. The van der Waals surface area contributed by atoms with E-state index < -0.39 is 18.0 Å². The second-order valence-electron chi connectivity index (χ2n) is 3.93. The van der Waals surface area contributed by atoms with Gasteiger partial charge in [-0.2, -0.15) is 0 Å². The normalized spacial score (nSPS) is 11.8. The molecule has 104 valence electrons. The quantitative estimate of drug-likeness (QED) is 0.580. The average Bonchev–Trinajstić information content (AvgIpc) is 2.42. The third kappa shape index (κ3) is 5.98. The minimum absolute atomic E-state index is 0.0430. The monoisotopic (exact) mass is 267 g/mol. The number of aliphatic hydroxyl groups is 1. The lowest BCUT2D eigenvalue weighted by Crippen LogP contribution is -2.40. The molecule has 0 bridgehead atoms. The van der Waals surface area contributed by atoms with Crippen LogP contribution in [0.2, 0.25) is 0 Å². The smallest absolute Gasteiger partial charge is 0.320 e. The minimum atomic E-state index is -1.11. The molecule has 6 heteroatoms. The number of esters is 1. The van der Waals surface area contributed by atoms with E-state index in [0.717, 1.165) is 5.56 Å². The highest BCUT2D eigenvalue weighted by molar-refractivity contribution is 5.76. The number of benzene rings is 1. The van der Waals surface area contributed by atoms with Gasteiger partial charge in [0.25, 0.3) is 0 Å². The molecule has 3 N–H and O–H groups in total. The van der Waals surface area contributed by atoms with Gasteiger partial charge in [0, 0.05) is 6.61 Å². The molecule has 0 radical (unpaired) electrons. The van der Waals surface area contributed by atoms with Gasteiger partial charge in [0.2, 0.25) is 0 Å². The predicted molar refractivity (Wildman–Crippen MR) is 67.4 cm³/mol. The Labute approximate surface area is 111 Å². The number of carboxylic acid groups (broad SMARTS) is 1. The van der Waals surface area contributed by atoms with Crippen LogP contribution in [0.4, 0.5) is 0 Å². The van der Waals surface area contributed by atoms with E-state index in [9.17, 15) is 9.59 Å². The molecule has 1 aromatic carbocycles. The van der Waals surface area contributed by atoms with Crippen LogP contribution in [0.3, 0.4) is 0 Å². The molecule has 0 aromatic heterocycles. The second-order valence-corrected chi connectivity index (χ2v) is 3.93. The highest BCUT2D eigenvalue weighted by atomic mass is 16.5. The van der Waals surface area contributed by atoms with E-state index in [2.05, 4.69) is 5.32 Å². The van der Waals surface area contributed by atoms with Crippen LogP contribution in [0.15, 0.2) is 30.3 Å². The van der Waals surface area contributed by atoms with Gasteiger partial charge in [-0.05, 0) is 12.0 Å². The first-order chi connectivity index (χ1) is 9.13. The molecular formula is C13H17NO5. The maximum absolute atomic E-state index is 11.4. The van der Waals surface area contributed by atoms with Crippen molar-refractivity contribution in [2.24, 2.45) is 0 Å². The zero-order valence-corrected chi connectivity index (χ0v) is 10.4. The summed E-state index contributed by atoms with van der Waals surface area (Å²) in [5.74, 6) is -1.64. The molecule has 1 aromatic rings. The Morgan fingerprint density at radius 1 is 1.26 bits per heavy atom. The van der Waals surface area contributed by atoms with Crippen molar-refractivity contribution in [3.8, 4) is 0 Å². The van der Waals surface area contributed by atoms with Crippen molar-refractivity contribution >= 4 is 11.9 Å².